The average Bonchev–Trinajstić information content (AvgIpc) is 3.53. The first kappa shape index (κ1) is 26.6. The molecule has 2 aromatic heterocycles. The molecule has 196 valence electrons. The number of aromatic nitrogens is 2. The lowest BCUT2D eigenvalue weighted by Gasteiger charge is -2.08. The zero-order valence-electron chi connectivity index (χ0n) is 20.2. The van der Waals surface area contributed by atoms with Gasteiger partial charge in [-0.3, -0.25) is 14.9 Å². The first-order valence-corrected chi connectivity index (χ1v) is 13.1. The summed E-state index contributed by atoms with van der Waals surface area (Å²) in [5.74, 6) is -0.352. The summed E-state index contributed by atoms with van der Waals surface area (Å²) in [5, 5.41) is 19.5. The summed E-state index contributed by atoms with van der Waals surface area (Å²) in [6.07, 6.45) is 0.292. The van der Waals surface area contributed by atoms with Gasteiger partial charge < -0.3 is 26.2 Å². The van der Waals surface area contributed by atoms with Crippen LogP contribution in [-0.2, 0) is 4.79 Å². The zero-order chi connectivity index (χ0) is 27.1. The number of nitrogen functional groups attached to an aromatic ring is 1. The third-order valence-electron chi connectivity index (χ3n) is 5.17. The second-order valence-corrected chi connectivity index (χ2v) is 9.77. The number of hydrogen-bond acceptors (Lipinski definition) is 9. The third-order valence-corrected chi connectivity index (χ3v) is 7.16. The number of nitrogens with zero attached hydrogens (tertiary/aromatic N) is 2. The number of amides is 3. The number of carboxylic acid groups (broad SMARTS) is 1. The van der Waals surface area contributed by atoms with Crippen LogP contribution < -0.4 is 26.4 Å². The number of urea groups is 1. The van der Waals surface area contributed by atoms with Crippen LogP contribution >= 0.6 is 22.7 Å². The van der Waals surface area contributed by atoms with Crippen LogP contribution in [0.15, 0.2) is 53.9 Å². The van der Waals surface area contributed by atoms with Crippen LogP contribution in [0.5, 0.6) is 5.75 Å². The molecule has 6 N–H and O–H groups in total. The number of carbonyl (C=O) groups is 3. The SMILES string of the molecule is COc1cccc(C(=O)Nc2cccc(-c3csc(-c4sc(NC(=O)NCCCC(=O)O)nc4N)n3)c2)c1. The van der Waals surface area contributed by atoms with E-state index in [0.717, 1.165) is 5.56 Å². The Morgan fingerprint density at radius 2 is 1.89 bits per heavy atom. The first-order chi connectivity index (χ1) is 18.3. The molecule has 0 fully saturated rings. The molecule has 4 aromatic rings. The van der Waals surface area contributed by atoms with Crippen molar-refractivity contribution in [2.24, 2.45) is 0 Å². The van der Waals surface area contributed by atoms with Crippen molar-refractivity contribution in [3.05, 3.63) is 59.5 Å². The van der Waals surface area contributed by atoms with Gasteiger partial charge in [0.25, 0.3) is 5.91 Å². The van der Waals surface area contributed by atoms with Crippen molar-refractivity contribution in [1.82, 2.24) is 15.3 Å². The highest BCUT2D eigenvalue weighted by molar-refractivity contribution is 7.23. The van der Waals surface area contributed by atoms with Crippen molar-refractivity contribution in [3.8, 4) is 26.9 Å². The molecule has 2 aromatic carbocycles. The number of carbonyl (C=O) groups excluding carboxylic acids is 2. The number of ether oxygens (including phenoxy) is 1. The van der Waals surface area contributed by atoms with Crippen molar-refractivity contribution in [3.63, 3.8) is 0 Å². The van der Waals surface area contributed by atoms with Gasteiger partial charge in [0, 0.05) is 35.2 Å². The van der Waals surface area contributed by atoms with Crippen LogP contribution in [0, 0.1) is 0 Å². The number of nitrogens with two attached hydrogens (primary N) is 1. The molecule has 0 saturated heterocycles. The van der Waals surface area contributed by atoms with E-state index in [0.29, 0.717) is 44.1 Å². The monoisotopic (exact) mass is 552 g/mol. The van der Waals surface area contributed by atoms with Crippen LogP contribution in [0.1, 0.15) is 23.2 Å². The summed E-state index contributed by atoms with van der Waals surface area (Å²) in [4.78, 5) is 44.8. The Kier molecular flexibility index (Phi) is 8.51. The third kappa shape index (κ3) is 6.83. The van der Waals surface area contributed by atoms with E-state index < -0.39 is 12.0 Å². The molecule has 0 aliphatic heterocycles. The Morgan fingerprint density at radius 1 is 1.08 bits per heavy atom. The quantitative estimate of drug-likeness (QED) is 0.175. The Labute approximate surface area is 225 Å². The first-order valence-electron chi connectivity index (χ1n) is 11.4. The van der Waals surface area contributed by atoms with E-state index in [4.69, 9.17) is 15.6 Å². The van der Waals surface area contributed by atoms with Crippen molar-refractivity contribution < 1.29 is 24.2 Å². The van der Waals surface area contributed by atoms with E-state index in [-0.39, 0.29) is 24.7 Å². The Morgan fingerprint density at radius 3 is 2.68 bits per heavy atom. The van der Waals surface area contributed by atoms with E-state index in [2.05, 4.69) is 25.9 Å². The summed E-state index contributed by atoms with van der Waals surface area (Å²) in [6.45, 7) is 0.223. The fraction of sp³-hybridized carbons (Fsp3) is 0.160. The topological polar surface area (TPSA) is 169 Å². The van der Waals surface area contributed by atoms with Gasteiger partial charge in [-0.2, -0.15) is 0 Å². The normalized spacial score (nSPS) is 10.6. The van der Waals surface area contributed by atoms with Gasteiger partial charge in [-0.05, 0) is 36.8 Å². The van der Waals surface area contributed by atoms with Crippen molar-refractivity contribution >= 4 is 57.2 Å². The highest BCUT2D eigenvalue weighted by Gasteiger charge is 2.17. The summed E-state index contributed by atoms with van der Waals surface area (Å²) in [5.41, 5.74) is 8.67. The molecule has 4 rings (SSSR count). The second-order valence-electron chi connectivity index (χ2n) is 7.92. The molecule has 2 heterocycles. The summed E-state index contributed by atoms with van der Waals surface area (Å²) in [6, 6.07) is 13.7. The lowest BCUT2D eigenvalue weighted by Crippen LogP contribution is -2.29. The maximum atomic E-state index is 12.7. The highest BCUT2D eigenvalue weighted by atomic mass is 32.1. The van der Waals surface area contributed by atoms with Gasteiger partial charge >= 0.3 is 12.0 Å². The molecule has 0 unspecified atom stereocenters. The number of methoxy groups -OCH3 is 1. The summed E-state index contributed by atoms with van der Waals surface area (Å²) in [7, 11) is 1.55. The van der Waals surface area contributed by atoms with Crippen molar-refractivity contribution in [2.45, 2.75) is 12.8 Å². The maximum absolute atomic E-state index is 12.7. The van der Waals surface area contributed by atoms with E-state index >= 15 is 0 Å². The fourth-order valence-electron chi connectivity index (χ4n) is 3.36. The van der Waals surface area contributed by atoms with Gasteiger partial charge in [0.05, 0.1) is 12.8 Å². The highest BCUT2D eigenvalue weighted by Crippen LogP contribution is 2.38. The predicted molar refractivity (Wildman–Crippen MR) is 148 cm³/mol. The molecule has 3 amide bonds. The lowest BCUT2D eigenvalue weighted by molar-refractivity contribution is -0.137. The number of hydrogen-bond donors (Lipinski definition) is 5. The number of rotatable bonds is 10. The molecule has 0 saturated carbocycles. The molecule has 13 heteroatoms. The average molecular weight is 553 g/mol. The Balaban J connectivity index is 1.42. The fourth-order valence-corrected chi connectivity index (χ4v) is 5.16. The molecule has 11 nitrogen and oxygen atoms in total. The number of anilines is 3. The minimum atomic E-state index is -0.919. The molecular weight excluding hydrogens is 528 g/mol. The molecule has 0 atom stereocenters. The van der Waals surface area contributed by atoms with Crippen molar-refractivity contribution in [1.29, 1.82) is 0 Å². The number of carboxylic acids is 1. The number of aliphatic carboxylic acids is 1. The van der Waals surface area contributed by atoms with Gasteiger partial charge in [0.15, 0.2) is 5.13 Å². The van der Waals surface area contributed by atoms with E-state index in [1.807, 2.05) is 23.6 Å². The smallest absolute Gasteiger partial charge is 0.321 e. The maximum Gasteiger partial charge on any atom is 0.321 e. The van der Waals surface area contributed by atoms with Crippen LogP contribution in [0.25, 0.3) is 21.1 Å². The molecule has 0 bridgehead atoms. The Bertz CT molecular complexity index is 1470. The van der Waals surface area contributed by atoms with Crippen LogP contribution in [0.4, 0.5) is 21.4 Å². The zero-order valence-corrected chi connectivity index (χ0v) is 21.8. The van der Waals surface area contributed by atoms with Crippen molar-refractivity contribution in [2.75, 3.05) is 30.0 Å². The van der Waals surface area contributed by atoms with E-state index in [9.17, 15) is 14.4 Å². The van der Waals surface area contributed by atoms with E-state index in [1.54, 1.807) is 37.4 Å². The standard InChI is InChI=1S/C25H24N6O5S2/c1-36-17-8-3-6-15(12-17)22(34)28-16-7-2-5-14(11-16)18-13-37-23(29-18)20-21(26)30-25(38-20)31-24(35)27-10-4-9-19(32)33/h2-3,5-8,11-13H,4,9-10,26H2,1H3,(H,28,34)(H,32,33)(H2,27,30,31,35). The van der Waals surface area contributed by atoms with Gasteiger partial charge in [-0.1, -0.05) is 29.5 Å². The number of benzene rings is 2. The summed E-state index contributed by atoms with van der Waals surface area (Å²) < 4.78 is 5.19. The van der Waals surface area contributed by atoms with Crippen LogP contribution in [0.2, 0.25) is 0 Å². The Hall–Kier alpha value is -4.49. The summed E-state index contributed by atoms with van der Waals surface area (Å²) >= 11 is 2.56. The molecule has 0 aliphatic rings. The van der Waals surface area contributed by atoms with Crippen LogP contribution in [-0.4, -0.2) is 46.6 Å². The van der Waals surface area contributed by atoms with Gasteiger partial charge in [0.1, 0.15) is 21.5 Å². The molecule has 38 heavy (non-hydrogen) atoms. The van der Waals surface area contributed by atoms with E-state index in [1.165, 1.54) is 22.7 Å². The largest absolute Gasteiger partial charge is 0.497 e. The minimum absolute atomic E-state index is 0.0292. The molecule has 0 radical (unpaired) electrons. The van der Waals surface area contributed by atoms with Gasteiger partial charge in [0.2, 0.25) is 0 Å². The lowest BCUT2D eigenvalue weighted by atomic mass is 10.1. The minimum Gasteiger partial charge on any atom is -0.497 e. The van der Waals surface area contributed by atoms with Crippen LogP contribution in [0.3, 0.4) is 0 Å². The molecule has 0 aliphatic carbocycles. The number of nitrogens with one attached hydrogen (secondary N) is 3. The molecular formula is C25H24N6O5S2. The second kappa shape index (κ2) is 12.2. The van der Waals surface area contributed by atoms with Gasteiger partial charge in [-0.15, -0.1) is 11.3 Å². The van der Waals surface area contributed by atoms with Gasteiger partial charge in [-0.25, -0.2) is 14.8 Å². The molecule has 0 spiro atoms. The number of thiazole rings is 2. The predicted octanol–water partition coefficient (Wildman–Crippen LogP) is 4.76.